The molecule has 0 amide bonds. The number of nitrogens with zero attached hydrogens (tertiary/aromatic N) is 3. The fourth-order valence-corrected chi connectivity index (χ4v) is 8.81. The predicted molar refractivity (Wildman–Crippen MR) is 213 cm³/mol. The van der Waals surface area contributed by atoms with E-state index in [9.17, 15) is 0 Å². The summed E-state index contributed by atoms with van der Waals surface area (Å²) in [5, 5.41) is 12.3. The van der Waals surface area contributed by atoms with Crippen molar-refractivity contribution in [1.82, 2.24) is 15.0 Å². The van der Waals surface area contributed by atoms with Crippen molar-refractivity contribution in [2.75, 3.05) is 0 Å². The van der Waals surface area contributed by atoms with Crippen LogP contribution in [0.2, 0.25) is 0 Å². The largest absolute Gasteiger partial charge is 0.256 e. The number of fused-ring (bicyclic) bond motifs is 15. The number of aromatic nitrogens is 3. The van der Waals surface area contributed by atoms with Crippen molar-refractivity contribution in [3.8, 4) is 33.6 Å². The Labute approximate surface area is 294 Å². The summed E-state index contributed by atoms with van der Waals surface area (Å²) in [6, 6.07) is 50.7. The van der Waals surface area contributed by atoms with Gasteiger partial charge in [-0.3, -0.25) is 9.97 Å². The van der Waals surface area contributed by atoms with Gasteiger partial charge in [-0.2, -0.15) is 0 Å². The molecule has 0 saturated carbocycles. The minimum Gasteiger partial charge on any atom is -0.256 e. The minimum atomic E-state index is -0.0546. The Morgan fingerprint density at radius 2 is 0.980 bits per heavy atom. The first-order chi connectivity index (χ1) is 25.0. The third-order valence-electron chi connectivity index (χ3n) is 11.3. The van der Waals surface area contributed by atoms with E-state index in [1.165, 1.54) is 65.3 Å². The van der Waals surface area contributed by atoms with Gasteiger partial charge in [-0.25, -0.2) is 4.98 Å². The molecule has 0 spiro atoms. The molecular formula is C48H31N3. The smallest absolute Gasteiger partial charge is 0.0978 e. The summed E-state index contributed by atoms with van der Waals surface area (Å²) in [7, 11) is 0. The van der Waals surface area contributed by atoms with Crippen LogP contribution in [0, 0.1) is 0 Å². The van der Waals surface area contributed by atoms with Gasteiger partial charge in [0.05, 0.1) is 22.4 Å². The van der Waals surface area contributed by atoms with Gasteiger partial charge in [-0.15, -0.1) is 0 Å². The van der Waals surface area contributed by atoms with Gasteiger partial charge in [0.1, 0.15) is 0 Å². The molecule has 3 nitrogen and oxygen atoms in total. The van der Waals surface area contributed by atoms with E-state index in [-0.39, 0.29) is 5.41 Å². The fourth-order valence-electron chi connectivity index (χ4n) is 8.81. The zero-order valence-electron chi connectivity index (χ0n) is 28.3. The number of rotatable bonds is 2. The van der Waals surface area contributed by atoms with Crippen molar-refractivity contribution in [1.29, 1.82) is 0 Å². The van der Waals surface area contributed by atoms with Gasteiger partial charge in [-0.05, 0) is 114 Å². The molecular weight excluding hydrogens is 619 g/mol. The lowest BCUT2D eigenvalue weighted by Gasteiger charge is -2.22. The molecule has 0 N–H and O–H groups in total. The van der Waals surface area contributed by atoms with Crippen LogP contribution in [-0.4, -0.2) is 15.0 Å². The summed E-state index contributed by atoms with van der Waals surface area (Å²) in [5.41, 5.74) is 11.2. The van der Waals surface area contributed by atoms with Gasteiger partial charge in [0.25, 0.3) is 0 Å². The van der Waals surface area contributed by atoms with Crippen molar-refractivity contribution in [2.24, 2.45) is 0 Å². The molecule has 0 aliphatic heterocycles. The second-order valence-corrected chi connectivity index (χ2v) is 14.4. The third-order valence-corrected chi connectivity index (χ3v) is 11.3. The quantitative estimate of drug-likeness (QED) is 0.175. The van der Waals surface area contributed by atoms with E-state index in [2.05, 4.69) is 147 Å². The van der Waals surface area contributed by atoms with Gasteiger partial charge in [0.2, 0.25) is 0 Å². The fraction of sp³-hybridized carbons (Fsp3) is 0.0625. The average molecular weight is 650 g/mol. The van der Waals surface area contributed by atoms with Crippen LogP contribution in [0.15, 0.2) is 152 Å². The Bertz CT molecular complexity index is 3070. The monoisotopic (exact) mass is 649 g/mol. The third kappa shape index (κ3) is 3.97. The van der Waals surface area contributed by atoms with E-state index < -0.39 is 0 Å². The van der Waals surface area contributed by atoms with E-state index in [1.54, 1.807) is 0 Å². The molecule has 3 heterocycles. The van der Waals surface area contributed by atoms with Crippen LogP contribution in [-0.2, 0) is 5.41 Å². The molecule has 1 aliphatic carbocycles. The summed E-state index contributed by atoms with van der Waals surface area (Å²) >= 11 is 0. The molecule has 0 bridgehead atoms. The lowest BCUT2D eigenvalue weighted by atomic mass is 9.81. The molecule has 3 aromatic heterocycles. The first kappa shape index (κ1) is 28.4. The summed E-state index contributed by atoms with van der Waals surface area (Å²) in [4.78, 5) is 14.9. The topological polar surface area (TPSA) is 38.7 Å². The van der Waals surface area contributed by atoms with Crippen LogP contribution in [0.5, 0.6) is 0 Å². The summed E-state index contributed by atoms with van der Waals surface area (Å²) in [5.74, 6) is 0. The summed E-state index contributed by atoms with van der Waals surface area (Å²) in [6.07, 6.45) is 3.80. The standard InChI is InChI=1S/C48H31N3/c1-48(2)42-16-8-7-14-35(42)41-25-39-33-13-6-5-12-32(33)38-24-28(17-19-34(38)40(39)26-43(41)48)44-21-18-29(27-50-44)45-22-20-37-31-11-4-3-10-30(31)36-15-9-23-49-46(36)47(37)51-45/h3-27H,1-2H3. The van der Waals surface area contributed by atoms with Crippen molar-refractivity contribution in [3.63, 3.8) is 0 Å². The molecule has 1 aliphatic rings. The van der Waals surface area contributed by atoms with Crippen molar-refractivity contribution in [3.05, 3.63) is 163 Å². The van der Waals surface area contributed by atoms with Crippen molar-refractivity contribution >= 4 is 64.9 Å². The maximum Gasteiger partial charge on any atom is 0.0978 e. The van der Waals surface area contributed by atoms with Crippen molar-refractivity contribution in [2.45, 2.75) is 19.3 Å². The van der Waals surface area contributed by atoms with Crippen LogP contribution in [0.3, 0.4) is 0 Å². The first-order valence-electron chi connectivity index (χ1n) is 17.6. The Balaban J connectivity index is 1.04. The molecule has 51 heavy (non-hydrogen) atoms. The minimum absolute atomic E-state index is 0.0546. The van der Waals surface area contributed by atoms with E-state index in [0.717, 1.165) is 44.3 Å². The molecule has 238 valence electrons. The highest BCUT2D eigenvalue weighted by Gasteiger charge is 2.35. The Morgan fingerprint density at radius 1 is 0.392 bits per heavy atom. The first-order valence-corrected chi connectivity index (χ1v) is 17.6. The molecule has 10 aromatic rings. The molecule has 0 saturated heterocycles. The molecule has 0 unspecified atom stereocenters. The summed E-state index contributed by atoms with van der Waals surface area (Å²) < 4.78 is 0. The zero-order chi connectivity index (χ0) is 33.8. The lowest BCUT2D eigenvalue weighted by molar-refractivity contribution is 0.661. The van der Waals surface area contributed by atoms with Crippen LogP contribution >= 0.6 is 0 Å². The van der Waals surface area contributed by atoms with E-state index in [1.807, 2.05) is 18.5 Å². The van der Waals surface area contributed by atoms with Crippen LogP contribution in [0.4, 0.5) is 0 Å². The highest BCUT2D eigenvalue weighted by atomic mass is 14.8. The Morgan fingerprint density at radius 3 is 1.75 bits per heavy atom. The highest BCUT2D eigenvalue weighted by Crippen LogP contribution is 2.51. The Kier molecular flexibility index (Phi) is 5.73. The van der Waals surface area contributed by atoms with Gasteiger partial charge >= 0.3 is 0 Å². The van der Waals surface area contributed by atoms with E-state index >= 15 is 0 Å². The summed E-state index contributed by atoms with van der Waals surface area (Å²) in [6.45, 7) is 4.71. The zero-order valence-corrected chi connectivity index (χ0v) is 28.3. The highest BCUT2D eigenvalue weighted by molar-refractivity contribution is 6.27. The second-order valence-electron chi connectivity index (χ2n) is 14.4. The van der Waals surface area contributed by atoms with Gasteiger partial charge in [0.15, 0.2) is 0 Å². The Hall–Kier alpha value is -6.45. The van der Waals surface area contributed by atoms with E-state index in [0.29, 0.717) is 0 Å². The van der Waals surface area contributed by atoms with E-state index in [4.69, 9.17) is 15.0 Å². The molecule has 0 radical (unpaired) electrons. The lowest BCUT2D eigenvalue weighted by Crippen LogP contribution is -2.14. The van der Waals surface area contributed by atoms with Crippen LogP contribution in [0.25, 0.3) is 98.5 Å². The number of pyridine rings is 3. The molecule has 3 heteroatoms. The van der Waals surface area contributed by atoms with Gasteiger partial charge in [-0.1, -0.05) is 105 Å². The average Bonchev–Trinajstić information content (AvgIpc) is 3.42. The molecule has 0 atom stereocenters. The van der Waals surface area contributed by atoms with Crippen LogP contribution < -0.4 is 0 Å². The maximum atomic E-state index is 5.18. The van der Waals surface area contributed by atoms with Crippen LogP contribution in [0.1, 0.15) is 25.0 Å². The SMILES string of the molecule is CC1(C)c2ccccc2-c2cc3c4ccccc4c4cc(-c5ccc(-c6ccc7c8ccccc8c8cccnc8c7n6)cn5)ccc4c3cc21. The number of hydrogen-bond acceptors (Lipinski definition) is 3. The van der Waals surface area contributed by atoms with Gasteiger partial charge < -0.3 is 0 Å². The normalized spacial score (nSPS) is 13.5. The van der Waals surface area contributed by atoms with Gasteiger partial charge in [0, 0.05) is 39.7 Å². The second kappa shape index (κ2) is 10.3. The molecule has 0 fully saturated rings. The van der Waals surface area contributed by atoms with Crippen molar-refractivity contribution < 1.29 is 0 Å². The maximum absolute atomic E-state index is 5.18. The number of benzene rings is 7. The predicted octanol–water partition coefficient (Wildman–Crippen LogP) is 12.4. The molecule has 7 aromatic carbocycles. The number of hydrogen-bond donors (Lipinski definition) is 0. The molecule has 11 rings (SSSR count).